The van der Waals surface area contributed by atoms with Crippen molar-refractivity contribution in [3.63, 3.8) is 0 Å². The minimum Gasteiger partial charge on any atom is -0.504 e. The molecule has 4 nitrogen and oxygen atoms in total. The van der Waals surface area contributed by atoms with E-state index in [9.17, 15) is 14.7 Å². The fraction of sp³-hybridized carbons (Fsp3) is 0.0909. The first-order chi connectivity index (χ1) is 7.08. The molecule has 0 radical (unpaired) electrons. The maximum absolute atomic E-state index is 11.2. The van der Waals surface area contributed by atoms with Crippen LogP contribution in [0.15, 0.2) is 33.9 Å². The Bertz CT molecular complexity index is 643. The summed E-state index contributed by atoms with van der Waals surface area (Å²) in [5.74, 6) is -0.532. The van der Waals surface area contributed by atoms with E-state index in [1.54, 1.807) is 12.1 Å². The second-order valence-corrected chi connectivity index (χ2v) is 3.40. The van der Waals surface area contributed by atoms with E-state index in [1.165, 1.54) is 6.07 Å². The van der Waals surface area contributed by atoms with Crippen LogP contribution in [0.2, 0.25) is 0 Å². The van der Waals surface area contributed by atoms with Crippen LogP contribution in [0.5, 0.6) is 5.75 Å². The zero-order valence-electron chi connectivity index (χ0n) is 8.07. The Morgan fingerprint density at radius 2 is 1.93 bits per heavy atom. The molecule has 76 valence electrons. The summed E-state index contributed by atoms with van der Waals surface area (Å²) in [6, 6.07) is 6.61. The molecule has 0 unspecified atom stereocenters. The second kappa shape index (κ2) is 3.24. The molecule has 15 heavy (non-hydrogen) atoms. The van der Waals surface area contributed by atoms with E-state index in [0.717, 1.165) is 5.56 Å². The molecule has 2 N–H and O–H groups in total. The van der Waals surface area contributed by atoms with Gasteiger partial charge in [-0.3, -0.25) is 9.59 Å². The lowest BCUT2D eigenvalue weighted by molar-refractivity contribution is 0.470. The predicted octanol–water partition coefficient (Wildman–Crippen LogP) is 0.902. The first-order valence-corrected chi connectivity index (χ1v) is 4.45. The molecule has 0 aliphatic rings. The van der Waals surface area contributed by atoms with Gasteiger partial charge in [-0.2, -0.15) is 0 Å². The molecule has 1 aromatic heterocycles. The predicted molar refractivity (Wildman–Crippen MR) is 57.2 cm³/mol. The molecule has 1 aromatic carbocycles. The summed E-state index contributed by atoms with van der Waals surface area (Å²) in [4.78, 5) is 24.8. The van der Waals surface area contributed by atoms with Gasteiger partial charge in [0.05, 0.1) is 0 Å². The highest BCUT2D eigenvalue weighted by atomic mass is 16.3. The minimum atomic E-state index is -0.913. The van der Waals surface area contributed by atoms with Gasteiger partial charge in [0.15, 0.2) is 5.75 Å². The highest BCUT2D eigenvalue weighted by molar-refractivity contribution is 5.79. The molecule has 0 saturated heterocycles. The molecule has 4 heteroatoms. The number of fused-ring (bicyclic) bond motifs is 1. The van der Waals surface area contributed by atoms with Crippen LogP contribution in [-0.2, 0) is 0 Å². The molecule has 0 atom stereocenters. The molecule has 0 spiro atoms. The summed E-state index contributed by atoms with van der Waals surface area (Å²) in [7, 11) is 0. The van der Waals surface area contributed by atoms with Gasteiger partial charge in [0.2, 0.25) is 0 Å². The second-order valence-electron chi connectivity index (χ2n) is 3.40. The number of aryl methyl sites for hydroxylation is 1. The third kappa shape index (κ3) is 1.61. The third-order valence-corrected chi connectivity index (χ3v) is 2.19. The van der Waals surface area contributed by atoms with Crippen molar-refractivity contribution in [2.75, 3.05) is 0 Å². The molecule has 2 aromatic rings. The highest BCUT2D eigenvalue weighted by Gasteiger charge is 2.01. The number of aromatic hydroxyl groups is 1. The third-order valence-electron chi connectivity index (χ3n) is 2.19. The fourth-order valence-electron chi connectivity index (χ4n) is 1.41. The summed E-state index contributed by atoms with van der Waals surface area (Å²) in [6.07, 6.45) is 0. The lowest BCUT2D eigenvalue weighted by Crippen LogP contribution is -2.22. The number of hydrogen-bond donors (Lipinski definition) is 2. The Morgan fingerprint density at radius 3 is 2.67 bits per heavy atom. The molecular formula is C11H9NO3. The first kappa shape index (κ1) is 9.45. The lowest BCUT2D eigenvalue weighted by atomic mass is 10.2. The van der Waals surface area contributed by atoms with Gasteiger partial charge in [-0.05, 0) is 24.6 Å². The Hall–Kier alpha value is -2.10. The van der Waals surface area contributed by atoms with E-state index in [1.807, 2.05) is 13.0 Å². The van der Waals surface area contributed by atoms with Crippen LogP contribution in [0.25, 0.3) is 10.9 Å². The summed E-state index contributed by atoms with van der Waals surface area (Å²) >= 11 is 0. The first-order valence-electron chi connectivity index (χ1n) is 4.45. The average molecular weight is 203 g/mol. The van der Waals surface area contributed by atoms with Gasteiger partial charge in [0.25, 0.3) is 11.0 Å². The van der Waals surface area contributed by atoms with E-state index in [2.05, 4.69) is 4.98 Å². The number of aromatic amines is 1. The minimum absolute atomic E-state index is 0.532. The fourth-order valence-corrected chi connectivity index (χ4v) is 1.41. The molecule has 0 fully saturated rings. The number of hydrogen-bond acceptors (Lipinski definition) is 3. The maximum Gasteiger partial charge on any atom is 0.300 e. The van der Waals surface area contributed by atoms with Crippen molar-refractivity contribution in [2.24, 2.45) is 0 Å². The summed E-state index contributed by atoms with van der Waals surface area (Å²) in [5, 5.41) is 9.92. The number of nitrogens with one attached hydrogen (secondary N) is 1. The smallest absolute Gasteiger partial charge is 0.300 e. The largest absolute Gasteiger partial charge is 0.504 e. The molecular weight excluding hydrogens is 194 g/mol. The Kier molecular flexibility index (Phi) is 2.04. The number of benzene rings is 1. The molecule has 2 rings (SSSR count). The van der Waals surface area contributed by atoms with Crippen LogP contribution >= 0.6 is 0 Å². The van der Waals surface area contributed by atoms with Crippen LogP contribution in [0, 0.1) is 6.92 Å². The SMILES string of the molecule is Cc1ccc2cc(O)c(=O)c(=O)[nH]c2c1. The maximum atomic E-state index is 11.2. The molecule has 0 amide bonds. The van der Waals surface area contributed by atoms with Gasteiger partial charge in [-0.15, -0.1) is 0 Å². The molecule has 0 aliphatic carbocycles. The van der Waals surface area contributed by atoms with Crippen molar-refractivity contribution in [3.8, 4) is 5.75 Å². The zero-order valence-corrected chi connectivity index (χ0v) is 8.07. The van der Waals surface area contributed by atoms with E-state index in [-0.39, 0.29) is 0 Å². The number of H-pyrrole nitrogens is 1. The van der Waals surface area contributed by atoms with E-state index >= 15 is 0 Å². The van der Waals surface area contributed by atoms with Gasteiger partial charge in [0, 0.05) is 10.9 Å². The number of aromatic nitrogens is 1. The quantitative estimate of drug-likeness (QED) is 0.625. The molecule has 1 heterocycles. The van der Waals surface area contributed by atoms with Crippen molar-refractivity contribution < 1.29 is 5.11 Å². The lowest BCUT2D eigenvalue weighted by Gasteiger charge is -1.93. The van der Waals surface area contributed by atoms with E-state index in [4.69, 9.17) is 0 Å². The normalized spacial score (nSPS) is 10.5. The van der Waals surface area contributed by atoms with Crippen molar-refractivity contribution in [3.05, 3.63) is 50.4 Å². The van der Waals surface area contributed by atoms with Crippen LogP contribution in [0.4, 0.5) is 0 Å². The van der Waals surface area contributed by atoms with Crippen molar-refractivity contribution >= 4 is 10.9 Å². The average Bonchev–Trinajstić information content (AvgIpc) is 2.29. The van der Waals surface area contributed by atoms with E-state index in [0.29, 0.717) is 10.9 Å². The van der Waals surface area contributed by atoms with Gasteiger partial charge in [-0.1, -0.05) is 12.1 Å². The van der Waals surface area contributed by atoms with Crippen molar-refractivity contribution in [2.45, 2.75) is 6.92 Å². The van der Waals surface area contributed by atoms with Crippen LogP contribution < -0.4 is 11.0 Å². The van der Waals surface area contributed by atoms with Gasteiger partial charge >= 0.3 is 0 Å². The van der Waals surface area contributed by atoms with Crippen molar-refractivity contribution in [1.29, 1.82) is 0 Å². The van der Waals surface area contributed by atoms with Crippen LogP contribution in [0.3, 0.4) is 0 Å². The molecule has 0 bridgehead atoms. The molecule has 0 saturated carbocycles. The summed E-state index contributed by atoms with van der Waals surface area (Å²) < 4.78 is 0. The van der Waals surface area contributed by atoms with Crippen LogP contribution in [-0.4, -0.2) is 10.1 Å². The Labute approximate surface area is 84.8 Å². The zero-order chi connectivity index (χ0) is 11.0. The number of rotatable bonds is 0. The monoisotopic (exact) mass is 203 g/mol. The summed E-state index contributed by atoms with van der Waals surface area (Å²) in [6.45, 7) is 1.88. The van der Waals surface area contributed by atoms with E-state index < -0.39 is 16.7 Å². The standard InChI is InChI=1S/C11H9NO3/c1-6-2-3-7-5-9(13)10(14)11(15)12-8(7)4-6/h2-5H,1H3,(H2,12,13,14,15). The Morgan fingerprint density at radius 1 is 1.20 bits per heavy atom. The van der Waals surface area contributed by atoms with Crippen molar-refractivity contribution in [1.82, 2.24) is 4.98 Å². The highest BCUT2D eigenvalue weighted by Crippen LogP contribution is 2.13. The topological polar surface area (TPSA) is 70.2 Å². The Balaban J connectivity index is 3.06. The van der Waals surface area contributed by atoms with Crippen LogP contribution in [0.1, 0.15) is 5.56 Å². The molecule has 0 aliphatic heterocycles. The van der Waals surface area contributed by atoms with Gasteiger partial charge in [-0.25, -0.2) is 0 Å². The summed E-state index contributed by atoms with van der Waals surface area (Å²) in [5.41, 5.74) is -0.217. The van der Waals surface area contributed by atoms with Gasteiger partial charge < -0.3 is 10.1 Å². The van der Waals surface area contributed by atoms with Gasteiger partial charge in [0.1, 0.15) is 0 Å².